The SMILES string of the molecule is CC(C)OC(=O)[C@H](C)NP(=O)(OC[C@@H]1C[C@@](C)(C#N)[C@H](n2ccc(N)nc2=O)O1)Oc1ccccc1. The molecule has 5 atom stereocenters. The summed E-state index contributed by atoms with van der Waals surface area (Å²) in [5.41, 5.74) is 3.79. The largest absolute Gasteiger partial charge is 0.462 e. The molecule has 0 saturated carbocycles. The summed E-state index contributed by atoms with van der Waals surface area (Å²) < 4.78 is 37.3. The van der Waals surface area contributed by atoms with Gasteiger partial charge in [-0.05, 0) is 52.3 Å². The van der Waals surface area contributed by atoms with Gasteiger partial charge in [0.15, 0.2) is 6.23 Å². The van der Waals surface area contributed by atoms with E-state index in [1.807, 2.05) is 0 Å². The van der Waals surface area contributed by atoms with Crippen molar-refractivity contribution in [2.45, 2.75) is 58.6 Å². The lowest BCUT2D eigenvalue weighted by atomic mass is 9.87. The van der Waals surface area contributed by atoms with Crippen LogP contribution in [0.15, 0.2) is 47.4 Å². The van der Waals surface area contributed by atoms with Gasteiger partial charge < -0.3 is 19.7 Å². The number of nitrogen functional groups attached to an aromatic ring is 1. The number of hydrogen-bond acceptors (Lipinski definition) is 10. The fourth-order valence-corrected chi connectivity index (χ4v) is 5.17. The number of nitrogens with one attached hydrogen (secondary N) is 1. The van der Waals surface area contributed by atoms with E-state index < -0.39 is 43.2 Å². The summed E-state index contributed by atoms with van der Waals surface area (Å²) >= 11 is 0. The van der Waals surface area contributed by atoms with Gasteiger partial charge in [-0.3, -0.25) is 13.9 Å². The van der Waals surface area contributed by atoms with Gasteiger partial charge in [0.25, 0.3) is 0 Å². The zero-order chi connectivity index (χ0) is 26.5. The molecule has 12 nitrogen and oxygen atoms in total. The molecule has 194 valence electrons. The number of esters is 1. The van der Waals surface area contributed by atoms with Crippen LogP contribution in [0, 0.1) is 16.7 Å². The number of nitrogens with two attached hydrogens (primary N) is 1. The van der Waals surface area contributed by atoms with Crippen molar-refractivity contribution in [1.29, 1.82) is 5.26 Å². The third kappa shape index (κ3) is 6.71. The first-order chi connectivity index (χ1) is 16.9. The van der Waals surface area contributed by atoms with Gasteiger partial charge in [-0.25, -0.2) is 9.36 Å². The highest BCUT2D eigenvalue weighted by Crippen LogP contribution is 2.48. The summed E-state index contributed by atoms with van der Waals surface area (Å²) in [5.74, 6) is -0.331. The average Bonchev–Trinajstić information content (AvgIpc) is 3.15. The number of nitriles is 1. The van der Waals surface area contributed by atoms with Crippen molar-refractivity contribution >= 4 is 19.5 Å². The Bertz CT molecular complexity index is 1220. The lowest BCUT2D eigenvalue weighted by Crippen LogP contribution is -2.36. The Morgan fingerprint density at radius 2 is 2.06 bits per heavy atom. The summed E-state index contributed by atoms with van der Waals surface area (Å²) in [7, 11) is -4.12. The van der Waals surface area contributed by atoms with Crippen LogP contribution in [0.2, 0.25) is 0 Å². The standard InChI is InChI=1S/C23H30N5O7P/c1-15(2)33-20(29)16(3)27-36(31,35-17-8-6-5-7-9-17)32-13-18-12-23(4,14-24)21(34-18)28-11-10-19(25)26-22(28)30/h5-11,15-16,18,21H,12-13H2,1-4H3,(H,27,31)(H2,25,26,30)/t16-,18-,21+,23-,36?/m0/s1. The second-order valence-corrected chi connectivity index (χ2v) is 10.6. The van der Waals surface area contributed by atoms with Crippen molar-refractivity contribution in [3.8, 4) is 11.8 Å². The molecule has 2 heterocycles. The normalized spacial score (nSPS) is 24.0. The quantitative estimate of drug-likeness (QED) is 0.350. The van der Waals surface area contributed by atoms with Crippen LogP contribution in [0.3, 0.4) is 0 Å². The average molecular weight is 519 g/mol. The van der Waals surface area contributed by atoms with Gasteiger partial charge in [-0.2, -0.15) is 15.3 Å². The molecular formula is C23H30N5O7P. The molecule has 0 amide bonds. The molecule has 36 heavy (non-hydrogen) atoms. The summed E-state index contributed by atoms with van der Waals surface area (Å²) in [6.07, 6.45) is -0.492. The van der Waals surface area contributed by atoms with E-state index in [1.165, 1.54) is 23.8 Å². The molecule has 0 spiro atoms. The number of ether oxygens (including phenoxy) is 2. The number of rotatable bonds is 10. The first-order valence-electron chi connectivity index (χ1n) is 11.3. The minimum absolute atomic E-state index is 0.0444. The van der Waals surface area contributed by atoms with E-state index in [0.29, 0.717) is 0 Å². The Hall–Kier alpha value is -3.23. The van der Waals surface area contributed by atoms with Gasteiger partial charge in [0.2, 0.25) is 0 Å². The molecule has 1 unspecified atom stereocenters. The van der Waals surface area contributed by atoms with Crippen molar-refractivity contribution in [3.05, 3.63) is 53.1 Å². The van der Waals surface area contributed by atoms with Crippen molar-refractivity contribution in [2.24, 2.45) is 5.41 Å². The Morgan fingerprint density at radius 1 is 1.36 bits per heavy atom. The molecular weight excluding hydrogens is 489 g/mol. The zero-order valence-corrected chi connectivity index (χ0v) is 21.4. The van der Waals surface area contributed by atoms with E-state index in [9.17, 15) is 19.4 Å². The smallest absolute Gasteiger partial charge is 0.459 e. The summed E-state index contributed by atoms with van der Waals surface area (Å²) in [6, 6.07) is 10.9. The molecule has 1 aliphatic rings. The maximum atomic E-state index is 13.7. The summed E-state index contributed by atoms with van der Waals surface area (Å²) in [4.78, 5) is 28.3. The highest BCUT2D eigenvalue weighted by Gasteiger charge is 2.48. The minimum atomic E-state index is -4.12. The topological polar surface area (TPSA) is 168 Å². The fraction of sp³-hybridized carbons (Fsp3) is 0.478. The van der Waals surface area contributed by atoms with Crippen LogP contribution in [0.4, 0.5) is 5.82 Å². The molecule has 3 rings (SSSR count). The molecule has 1 aliphatic heterocycles. The van der Waals surface area contributed by atoms with Crippen LogP contribution in [-0.4, -0.2) is 40.4 Å². The van der Waals surface area contributed by atoms with E-state index in [4.69, 9.17) is 24.3 Å². The van der Waals surface area contributed by atoms with E-state index in [0.717, 1.165) is 0 Å². The van der Waals surface area contributed by atoms with Gasteiger partial charge in [0, 0.05) is 6.20 Å². The lowest BCUT2D eigenvalue weighted by molar-refractivity contribution is -0.149. The van der Waals surface area contributed by atoms with Gasteiger partial charge >= 0.3 is 19.4 Å². The molecule has 0 aliphatic carbocycles. The highest BCUT2D eigenvalue weighted by molar-refractivity contribution is 7.52. The maximum absolute atomic E-state index is 13.7. The molecule has 0 bridgehead atoms. The monoisotopic (exact) mass is 519 g/mol. The third-order valence-electron chi connectivity index (χ3n) is 5.33. The fourth-order valence-electron chi connectivity index (χ4n) is 3.65. The second kappa shape index (κ2) is 11.2. The molecule has 1 aromatic carbocycles. The van der Waals surface area contributed by atoms with E-state index >= 15 is 0 Å². The number of hydrogen-bond donors (Lipinski definition) is 2. The number of nitrogens with zero attached hydrogens (tertiary/aromatic N) is 3. The molecule has 13 heteroatoms. The number of para-hydroxylation sites is 1. The van der Waals surface area contributed by atoms with E-state index in [1.54, 1.807) is 51.1 Å². The molecule has 0 radical (unpaired) electrons. The van der Waals surface area contributed by atoms with E-state index in [2.05, 4.69) is 16.1 Å². The maximum Gasteiger partial charge on any atom is 0.459 e. The van der Waals surface area contributed by atoms with Crippen LogP contribution in [0.5, 0.6) is 5.75 Å². The Labute approximate surface area is 208 Å². The third-order valence-corrected chi connectivity index (χ3v) is 6.98. The molecule has 3 N–H and O–H groups in total. The van der Waals surface area contributed by atoms with Crippen LogP contribution in [0.25, 0.3) is 0 Å². The van der Waals surface area contributed by atoms with Crippen molar-refractivity contribution in [2.75, 3.05) is 12.3 Å². The number of carbonyl (C=O) groups is 1. The van der Waals surface area contributed by atoms with Crippen molar-refractivity contribution in [3.63, 3.8) is 0 Å². The van der Waals surface area contributed by atoms with Gasteiger partial charge in [-0.1, -0.05) is 18.2 Å². The Balaban J connectivity index is 1.78. The number of aromatic nitrogens is 2. The molecule has 2 aromatic rings. The minimum Gasteiger partial charge on any atom is -0.462 e. The van der Waals surface area contributed by atoms with Gasteiger partial charge in [0.1, 0.15) is 23.0 Å². The second-order valence-electron chi connectivity index (χ2n) is 8.92. The number of benzene rings is 1. The first kappa shape index (κ1) is 27.4. The number of carbonyl (C=O) groups excluding carboxylic acids is 1. The lowest BCUT2D eigenvalue weighted by Gasteiger charge is -2.24. The van der Waals surface area contributed by atoms with Gasteiger partial charge in [0.05, 0.1) is 24.9 Å². The molecule has 1 fully saturated rings. The van der Waals surface area contributed by atoms with Crippen LogP contribution in [0.1, 0.15) is 40.3 Å². The summed E-state index contributed by atoms with van der Waals surface area (Å²) in [5, 5.41) is 12.4. The van der Waals surface area contributed by atoms with Crippen molar-refractivity contribution in [1.82, 2.24) is 14.6 Å². The van der Waals surface area contributed by atoms with Crippen molar-refractivity contribution < 1.29 is 27.9 Å². The van der Waals surface area contributed by atoms with E-state index in [-0.39, 0.29) is 30.7 Å². The van der Waals surface area contributed by atoms with Crippen LogP contribution >= 0.6 is 7.75 Å². The molecule has 1 saturated heterocycles. The Kier molecular flexibility index (Phi) is 8.53. The number of anilines is 1. The van der Waals surface area contributed by atoms with Gasteiger partial charge in [-0.15, -0.1) is 0 Å². The predicted octanol–water partition coefficient (Wildman–Crippen LogP) is 2.78. The van der Waals surface area contributed by atoms with Crippen LogP contribution in [-0.2, 0) is 23.4 Å². The Morgan fingerprint density at radius 3 is 2.67 bits per heavy atom. The molecule has 1 aromatic heterocycles. The highest BCUT2D eigenvalue weighted by atomic mass is 31.2. The van der Waals surface area contributed by atoms with Crippen LogP contribution < -0.4 is 21.0 Å². The zero-order valence-electron chi connectivity index (χ0n) is 20.5. The first-order valence-corrected chi connectivity index (χ1v) is 12.9. The predicted molar refractivity (Wildman–Crippen MR) is 130 cm³/mol. The summed E-state index contributed by atoms with van der Waals surface area (Å²) in [6.45, 7) is 6.26.